The van der Waals surface area contributed by atoms with E-state index < -0.39 is 0 Å². The molecule has 0 aliphatic rings. The molecule has 0 heterocycles. The van der Waals surface area contributed by atoms with Crippen LogP contribution in [-0.2, 0) is 11.3 Å². The summed E-state index contributed by atoms with van der Waals surface area (Å²) < 4.78 is 12.9. The van der Waals surface area contributed by atoms with E-state index in [-0.39, 0.29) is 17.6 Å². The van der Waals surface area contributed by atoms with E-state index in [9.17, 15) is 9.18 Å². The van der Waals surface area contributed by atoms with Crippen LogP contribution in [0.25, 0.3) is 0 Å². The molecule has 1 amide bonds. The standard InChI is InChI=1S/C15H13ClFNO/c16-10-15(19)18(14-4-2-1-3-5-14)11-12-6-8-13(17)9-7-12/h1-9H,10-11H2. The van der Waals surface area contributed by atoms with Crippen molar-refractivity contribution in [1.82, 2.24) is 0 Å². The number of benzene rings is 2. The van der Waals surface area contributed by atoms with Crippen molar-refractivity contribution >= 4 is 23.2 Å². The van der Waals surface area contributed by atoms with Gasteiger partial charge in [0.05, 0.1) is 6.54 Å². The van der Waals surface area contributed by atoms with Crippen molar-refractivity contribution in [3.8, 4) is 0 Å². The zero-order chi connectivity index (χ0) is 13.7. The largest absolute Gasteiger partial charge is 0.307 e. The second-order valence-corrected chi connectivity index (χ2v) is 4.34. The zero-order valence-corrected chi connectivity index (χ0v) is 11.0. The van der Waals surface area contributed by atoms with Gasteiger partial charge in [-0.15, -0.1) is 11.6 Å². The molecule has 0 fully saturated rings. The Morgan fingerprint density at radius 2 is 1.68 bits per heavy atom. The molecule has 98 valence electrons. The SMILES string of the molecule is O=C(CCl)N(Cc1ccc(F)cc1)c1ccccc1. The number of amides is 1. The van der Waals surface area contributed by atoms with Crippen molar-refractivity contribution < 1.29 is 9.18 Å². The fourth-order valence-corrected chi connectivity index (χ4v) is 1.92. The molecule has 0 unspecified atom stereocenters. The van der Waals surface area contributed by atoms with Crippen LogP contribution in [0.2, 0.25) is 0 Å². The lowest BCUT2D eigenvalue weighted by Gasteiger charge is -2.22. The van der Waals surface area contributed by atoms with E-state index in [2.05, 4.69) is 0 Å². The lowest BCUT2D eigenvalue weighted by Crippen LogP contribution is -2.31. The number of hydrogen-bond donors (Lipinski definition) is 0. The fourth-order valence-electron chi connectivity index (χ4n) is 1.78. The summed E-state index contributed by atoms with van der Waals surface area (Å²) >= 11 is 5.64. The van der Waals surface area contributed by atoms with Crippen molar-refractivity contribution in [3.63, 3.8) is 0 Å². The van der Waals surface area contributed by atoms with Gasteiger partial charge in [-0.2, -0.15) is 0 Å². The molecule has 0 saturated heterocycles. The van der Waals surface area contributed by atoms with E-state index in [1.54, 1.807) is 17.0 Å². The molecule has 0 bridgehead atoms. The maximum absolute atomic E-state index is 12.9. The van der Waals surface area contributed by atoms with E-state index in [4.69, 9.17) is 11.6 Å². The third kappa shape index (κ3) is 3.55. The molecule has 2 aromatic rings. The minimum absolute atomic E-state index is 0.0872. The van der Waals surface area contributed by atoms with E-state index in [0.717, 1.165) is 11.3 Å². The monoisotopic (exact) mass is 277 g/mol. The molecule has 0 aliphatic heterocycles. The summed E-state index contributed by atoms with van der Waals surface area (Å²) in [6.45, 7) is 0.371. The Morgan fingerprint density at radius 1 is 1.05 bits per heavy atom. The predicted molar refractivity (Wildman–Crippen MR) is 74.8 cm³/mol. The molecule has 0 spiro atoms. The highest BCUT2D eigenvalue weighted by atomic mass is 35.5. The lowest BCUT2D eigenvalue weighted by atomic mass is 10.2. The highest BCUT2D eigenvalue weighted by molar-refractivity contribution is 6.29. The molecule has 0 saturated carbocycles. The predicted octanol–water partition coefficient (Wildman–Crippen LogP) is 3.60. The number of carbonyl (C=O) groups is 1. The third-order valence-electron chi connectivity index (χ3n) is 2.74. The molecule has 2 rings (SSSR count). The highest BCUT2D eigenvalue weighted by Crippen LogP contribution is 2.17. The molecule has 2 nitrogen and oxygen atoms in total. The van der Waals surface area contributed by atoms with Gasteiger partial charge in [0.1, 0.15) is 11.7 Å². The Kier molecular flexibility index (Phi) is 4.53. The molecule has 2 aromatic carbocycles. The van der Waals surface area contributed by atoms with Gasteiger partial charge >= 0.3 is 0 Å². The molecule has 19 heavy (non-hydrogen) atoms. The molecular formula is C15H13ClFNO. The van der Waals surface area contributed by atoms with Gasteiger partial charge in [0.25, 0.3) is 0 Å². The molecule has 0 atom stereocenters. The lowest BCUT2D eigenvalue weighted by molar-refractivity contribution is -0.116. The third-order valence-corrected chi connectivity index (χ3v) is 2.97. The number of para-hydroxylation sites is 1. The van der Waals surface area contributed by atoms with E-state index in [1.807, 2.05) is 30.3 Å². The van der Waals surface area contributed by atoms with Gasteiger partial charge in [0.15, 0.2) is 0 Å². The quantitative estimate of drug-likeness (QED) is 0.782. The topological polar surface area (TPSA) is 20.3 Å². The van der Waals surface area contributed by atoms with E-state index in [1.165, 1.54) is 12.1 Å². The molecule has 0 N–H and O–H groups in total. The van der Waals surface area contributed by atoms with Gasteiger partial charge in [-0.3, -0.25) is 4.79 Å². The van der Waals surface area contributed by atoms with E-state index >= 15 is 0 Å². The van der Waals surface area contributed by atoms with Gasteiger partial charge in [-0.05, 0) is 29.8 Å². The van der Waals surface area contributed by atoms with Crippen LogP contribution in [0.3, 0.4) is 0 Å². The van der Waals surface area contributed by atoms with Gasteiger partial charge in [-0.1, -0.05) is 30.3 Å². The van der Waals surface area contributed by atoms with E-state index in [0.29, 0.717) is 6.54 Å². The number of rotatable bonds is 4. The minimum atomic E-state index is -0.293. The summed E-state index contributed by atoms with van der Waals surface area (Å²) in [5.74, 6) is -0.563. The van der Waals surface area contributed by atoms with Crippen LogP contribution in [-0.4, -0.2) is 11.8 Å². The van der Waals surface area contributed by atoms with Crippen LogP contribution >= 0.6 is 11.6 Å². The van der Waals surface area contributed by atoms with Gasteiger partial charge in [-0.25, -0.2) is 4.39 Å². The van der Waals surface area contributed by atoms with Crippen LogP contribution in [0.1, 0.15) is 5.56 Å². The first-order chi connectivity index (χ1) is 9.20. The number of alkyl halides is 1. The summed E-state index contributed by atoms with van der Waals surface area (Å²) in [4.78, 5) is 13.5. The number of hydrogen-bond acceptors (Lipinski definition) is 1. The van der Waals surface area contributed by atoms with Crippen molar-refractivity contribution in [3.05, 3.63) is 66.0 Å². The molecule has 0 aliphatic carbocycles. The molecule has 4 heteroatoms. The van der Waals surface area contributed by atoms with Crippen LogP contribution in [0.15, 0.2) is 54.6 Å². The average molecular weight is 278 g/mol. The Labute approximate surface area is 116 Å². The van der Waals surface area contributed by atoms with Crippen LogP contribution in [0.4, 0.5) is 10.1 Å². The second kappa shape index (κ2) is 6.34. The summed E-state index contributed by atoms with van der Waals surface area (Å²) in [7, 11) is 0. The van der Waals surface area contributed by atoms with Crippen molar-refractivity contribution in [2.45, 2.75) is 6.54 Å². The van der Waals surface area contributed by atoms with Crippen molar-refractivity contribution in [2.75, 3.05) is 10.8 Å². The number of halogens is 2. The smallest absolute Gasteiger partial charge is 0.242 e. The zero-order valence-electron chi connectivity index (χ0n) is 10.2. The maximum atomic E-state index is 12.9. The van der Waals surface area contributed by atoms with Crippen molar-refractivity contribution in [2.24, 2.45) is 0 Å². The van der Waals surface area contributed by atoms with Gasteiger partial charge < -0.3 is 4.90 Å². The van der Waals surface area contributed by atoms with Crippen molar-refractivity contribution in [1.29, 1.82) is 0 Å². The number of anilines is 1. The Hall–Kier alpha value is -1.87. The summed E-state index contributed by atoms with van der Waals surface area (Å²) in [6, 6.07) is 15.3. The second-order valence-electron chi connectivity index (χ2n) is 4.08. The summed E-state index contributed by atoms with van der Waals surface area (Å²) in [5, 5.41) is 0. The number of carbonyl (C=O) groups excluding carboxylic acids is 1. The highest BCUT2D eigenvalue weighted by Gasteiger charge is 2.14. The van der Waals surface area contributed by atoms with Crippen LogP contribution in [0, 0.1) is 5.82 Å². The Morgan fingerprint density at radius 3 is 2.26 bits per heavy atom. The first-order valence-corrected chi connectivity index (χ1v) is 6.40. The Balaban J connectivity index is 2.24. The molecular weight excluding hydrogens is 265 g/mol. The minimum Gasteiger partial charge on any atom is -0.307 e. The normalized spacial score (nSPS) is 10.2. The molecule has 0 aromatic heterocycles. The average Bonchev–Trinajstić information content (AvgIpc) is 2.47. The van der Waals surface area contributed by atoms with Gasteiger partial charge in [0, 0.05) is 5.69 Å². The van der Waals surface area contributed by atoms with Crippen LogP contribution < -0.4 is 4.90 Å². The Bertz CT molecular complexity index is 542. The van der Waals surface area contributed by atoms with Gasteiger partial charge in [0.2, 0.25) is 5.91 Å². The first-order valence-electron chi connectivity index (χ1n) is 5.86. The first kappa shape index (κ1) is 13.6. The van der Waals surface area contributed by atoms with Crippen LogP contribution in [0.5, 0.6) is 0 Å². The summed E-state index contributed by atoms with van der Waals surface area (Å²) in [5.41, 5.74) is 1.63. The summed E-state index contributed by atoms with van der Waals surface area (Å²) in [6.07, 6.45) is 0. The molecule has 0 radical (unpaired) electrons. The maximum Gasteiger partial charge on any atom is 0.242 e. The number of nitrogens with zero attached hydrogens (tertiary/aromatic N) is 1. The fraction of sp³-hybridized carbons (Fsp3) is 0.133.